The molecule has 66 valence electrons. The van der Waals surface area contributed by atoms with Gasteiger partial charge < -0.3 is 5.32 Å². The molecule has 0 unspecified atom stereocenters. The third-order valence-corrected chi connectivity index (χ3v) is 2.55. The minimum absolute atomic E-state index is 0.0579. The third-order valence-electron chi connectivity index (χ3n) is 0.857. The lowest BCUT2D eigenvalue weighted by atomic mass is 10.5. The summed E-state index contributed by atoms with van der Waals surface area (Å²) in [5.41, 5.74) is 2.51. The molecule has 0 aliphatic rings. The molecule has 0 aromatic heterocycles. The molecule has 0 heterocycles. The van der Waals surface area contributed by atoms with Crippen molar-refractivity contribution >= 4 is 27.8 Å². The predicted octanol–water partition coefficient (Wildman–Crippen LogP) is 0.570. The minimum Gasteiger partial charge on any atom is -0.359 e. The van der Waals surface area contributed by atoms with Gasteiger partial charge in [0.25, 0.3) is 0 Å². The third kappa shape index (κ3) is 7.99. The first-order chi connectivity index (χ1) is 5.31. The van der Waals surface area contributed by atoms with E-state index in [4.69, 9.17) is 4.28 Å². The van der Waals surface area contributed by atoms with Crippen LogP contribution in [0.5, 0.6) is 0 Å². The van der Waals surface area contributed by atoms with Crippen molar-refractivity contribution in [1.29, 1.82) is 0 Å². The zero-order chi connectivity index (χ0) is 8.53. The van der Waals surface area contributed by atoms with E-state index in [1.165, 1.54) is 21.9 Å². The fraction of sp³-hybridized carbons (Fsp3) is 0.800. The number of carbonyl (C=O) groups excluding carboxylic acids is 1. The number of hydrogen-bond donors (Lipinski definition) is 2. The van der Waals surface area contributed by atoms with E-state index < -0.39 is 0 Å². The molecule has 0 aliphatic carbocycles. The monoisotopic (exact) mass is 196 g/mol. The average molecular weight is 196 g/mol. The van der Waals surface area contributed by atoms with Crippen molar-refractivity contribution in [3.8, 4) is 0 Å². The van der Waals surface area contributed by atoms with Crippen molar-refractivity contribution in [2.24, 2.45) is 0 Å². The van der Waals surface area contributed by atoms with Gasteiger partial charge in [0.1, 0.15) is 0 Å². The van der Waals surface area contributed by atoms with Gasteiger partial charge in [-0.2, -0.15) is 5.48 Å². The minimum atomic E-state index is 0.0579. The van der Waals surface area contributed by atoms with Gasteiger partial charge in [0.05, 0.1) is 11.1 Å². The summed E-state index contributed by atoms with van der Waals surface area (Å²) < 4.78 is 4.75. The Kier molecular flexibility index (Phi) is 8.26. The van der Waals surface area contributed by atoms with E-state index in [1.54, 1.807) is 14.1 Å². The van der Waals surface area contributed by atoms with Gasteiger partial charge in [-0.15, -0.1) is 0 Å². The van der Waals surface area contributed by atoms with Crippen molar-refractivity contribution < 1.29 is 9.08 Å². The van der Waals surface area contributed by atoms with Gasteiger partial charge in [-0.05, 0) is 0 Å². The molecular formula is C5H12N2O2S2. The van der Waals surface area contributed by atoms with Crippen molar-refractivity contribution in [1.82, 2.24) is 10.8 Å². The van der Waals surface area contributed by atoms with Crippen LogP contribution in [0.15, 0.2) is 0 Å². The Labute approximate surface area is 74.4 Å². The number of carbonyl (C=O) groups is 1. The first kappa shape index (κ1) is 11.1. The molecular weight excluding hydrogens is 184 g/mol. The van der Waals surface area contributed by atoms with E-state index in [0.29, 0.717) is 6.42 Å². The highest BCUT2D eigenvalue weighted by atomic mass is 33.1. The number of nitrogens with one attached hydrogen (secondary N) is 2. The van der Waals surface area contributed by atoms with Crippen LogP contribution in [0.4, 0.5) is 0 Å². The molecule has 11 heavy (non-hydrogen) atoms. The molecule has 1 amide bonds. The normalized spacial score (nSPS) is 9.64. The number of hydrogen-bond acceptors (Lipinski definition) is 5. The second-order valence-corrected chi connectivity index (χ2v) is 3.66. The van der Waals surface area contributed by atoms with Crippen LogP contribution < -0.4 is 10.8 Å². The van der Waals surface area contributed by atoms with Crippen LogP contribution in [0.2, 0.25) is 0 Å². The molecule has 0 saturated heterocycles. The molecule has 0 radical (unpaired) electrons. The molecule has 6 heteroatoms. The van der Waals surface area contributed by atoms with Gasteiger partial charge >= 0.3 is 0 Å². The van der Waals surface area contributed by atoms with Gasteiger partial charge in [-0.1, -0.05) is 10.8 Å². The summed E-state index contributed by atoms with van der Waals surface area (Å²) in [6, 6.07) is 0. The maximum absolute atomic E-state index is 10.7. The van der Waals surface area contributed by atoms with E-state index >= 15 is 0 Å². The Morgan fingerprint density at radius 2 is 2.27 bits per heavy atom. The van der Waals surface area contributed by atoms with Crippen LogP contribution in [-0.4, -0.2) is 25.8 Å². The molecule has 0 atom stereocenters. The molecule has 0 aliphatic heterocycles. The Balaban J connectivity index is 2.95. The summed E-state index contributed by atoms with van der Waals surface area (Å²) in [5.74, 6) is 0.814. The first-order valence-electron chi connectivity index (χ1n) is 3.13. The predicted molar refractivity (Wildman–Crippen MR) is 48.9 cm³/mol. The van der Waals surface area contributed by atoms with Gasteiger partial charge in [-0.25, -0.2) is 4.28 Å². The fourth-order valence-corrected chi connectivity index (χ4v) is 1.61. The largest absolute Gasteiger partial charge is 0.359 e. The van der Waals surface area contributed by atoms with Crippen LogP contribution in [0, 0.1) is 0 Å². The van der Waals surface area contributed by atoms with Crippen molar-refractivity contribution in [2.75, 3.05) is 19.8 Å². The summed E-state index contributed by atoms with van der Waals surface area (Å²) in [4.78, 5) is 10.7. The standard InChI is InChI=1S/C5H12N2O2S2/c1-6-5(8)3-4-10-11-9-7-2/h7H,3-4H2,1-2H3,(H,6,8). The summed E-state index contributed by atoms with van der Waals surface area (Å²) in [6.45, 7) is 0. The van der Waals surface area contributed by atoms with Crippen LogP contribution in [0.25, 0.3) is 0 Å². The SMILES string of the molecule is CNOSSCCC(=O)NC. The van der Waals surface area contributed by atoms with E-state index in [9.17, 15) is 4.79 Å². The molecule has 0 saturated carbocycles. The van der Waals surface area contributed by atoms with Crippen molar-refractivity contribution in [3.63, 3.8) is 0 Å². The smallest absolute Gasteiger partial charge is 0.220 e. The summed E-state index contributed by atoms with van der Waals surface area (Å²) in [5, 5.41) is 2.54. The van der Waals surface area contributed by atoms with Crippen LogP contribution in [-0.2, 0) is 9.08 Å². The van der Waals surface area contributed by atoms with Gasteiger partial charge in [0, 0.05) is 26.3 Å². The maximum Gasteiger partial charge on any atom is 0.220 e. The quantitative estimate of drug-likeness (QED) is 0.281. The van der Waals surface area contributed by atoms with Crippen molar-refractivity contribution in [2.45, 2.75) is 6.42 Å². The van der Waals surface area contributed by atoms with E-state index in [2.05, 4.69) is 10.8 Å². The Bertz CT molecular complexity index is 113. The molecule has 0 aromatic carbocycles. The highest BCUT2D eigenvalue weighted by Gasteiger charge is 1.97. The molecule has 0 rings (SSSR count). The van der Waals surface area contributed by atoms with E-state index in [-0.39, 0.29) is 5.91 Å². The van der Waals surface area contributed by atoms with Crippen LogP contribution in [0.1, 0.15) is 6.42 Å². The lowest BCUT2D eigenvalue weighted by Crippen LogP contribution is -2.17. The summed E-state index contributed by atoms with van der Waals surface area (Å²) in [6.07, 6.45) is 0.529. The topological polar surface area (TPSA) is 50.4 Å². The maximum atomic E-state index is 10.7. The van der Waals surface area contributed by atoms with Crippen LogP contribution >= 0.6 is 21.9 Å². The molecule has 4 nitrogen and oxygen atoms in total. The Hall–Kier alpha value is 0.0900. The zero-order valence-electron chi connectivity index (χ0n) is 6.55. The Morgan fingerprint density at radius 3 is 2.82 bits per heavy atom. The molecule has 0 aromatic rings. The molecule has 2 N–H and O–H groups in total. The van der Waals surface area contributed by atoms with Gasteiger partial charge in [0.2, 0.25) is 5.91 Å². The molecule has 0 bridgehead atoms. The highest BCUT2D eigenvalue weighted by Crippen LogP contribution is 2.21. The molecule has 0 spiro atoms. The summed E-state index contributed by atoms with van der Waals surface area (Å²) >= 11 is 1.23. The highest BCUT2D eigenvalue weighted by molar-refractivity contribution is 8.74. The first-order valence-corrected chi connectivity index (χ1v) is 5.38. The number of rotatable bonds is 6. The average Bonchev–Trinajstić information content (AvgIpc) is 2.04. The zero-order valence-corrected chi connectivity index (χ0v) is 8.18. The lowest BCUT2D eigenvalue weighted by Gasteiger charge is -1.98. The summed E-state index contributed by atoms with van der Waals surface area (Å²) in [7, 11) is 4.81. The second-order valence-electron chi connectivity index (χ2n) is 1.60. The van der Waals surface area contributed by atoms with Gasteiger partial charge in [-0.3, -0.25) is 4.79 Å². The fourth-order valence-electron chi connectivity index (χ4n) is 0.351. The second kappa shape index (κ2) is 8.19. The van der Waals surface area contributed by atoms with Crippen molar-refractivity contribution in [3.05, 3.63) is 0 Å². The lowest BCUT2D eigenvalue weighted by molar-refractivity contribution is -0.120. The van der Waals surface area contributed by atoms with E-state index in [1.807, 2.05) is 0 Å². The van der Waals surface area contributed by atoms with Crippen LogP contribution in [0.3, 0.4) is 0 Å². The molecule has 0 fully saturated rings. The van der Waals surface area contributed by atoms with Gasteiger partial charge in [0.15, 0.2) is 0 Å². The number of hydroxylamine groups is 1. The van der Waals surface area contributed by atoms with E-state index in [0.717, 1.165) is 5.75 Å². The number of amides is 1. The Morgan fingerprint density at radius 1 is 1.55 bits per heavy atom.